The van der Waals surface area contributed by atoms with Crippen LogP contribution in [0.5, 0.6) is 5.75 Å². The number of anilines is 1. The molecule has 5 nitrogen and oxygen atoms in total. The van der Waals surface area contributed by atoms with Crippen LogP contribution in [0.25, 0.3) is 10.8 Å². The first-order valence-corrected chi connectivity index (χ1v) is 9.56. The normalized spacial score (nSPS) is 11.7. The lowest BCUT2D eigenvalue weighted by Crippen LogP contribution is -2.37. The number of nitrogens with one attached hydrogen (secondary N) is 1. The third-order valence-electron chi connectivity index (χ3n) is 5.03. The van der Waals surface area contributed by atoms with Crippen LogP contribution >= 0.6 is 0 Å². The van der Waals surface area contributed by atoms with Crippen molar-refractivity contribution in [1.82, 2.24) is 4.90 Å². The van der Waals surface area contributed by atoms with E-state index in [1.807, 2.05) is 74.5 Å². The van der Waals surface area contributed by atoms with Crippen LogP contribution in [-0.4, -0.2) is 37.4 Å². The van der Waals surface area contributed by atoms with Crippen LogP contribution in [0.2, 0.25) is 0 Å². The summed E-state index contributed by atoms with van der Waals surface area (Å²) in [6.07, 6.45) is 0. The van der Waals surface area contributed by atoms with Gasteiger partial charge in [0.15, 0.2) is 0 Å². The summed E-state index contributed by atoms with van der Waals surface area (Å²) in [5.74, 6) is 0.131. The van der Waals surface area contributed by atoms with E-state index >= 15 is 0 Å². The first-order chi connectivity index (χ1) is 13.9. The van der Waals surface area contributed by atoms with Gasteiger partial charge in [-0.3, -0.25) is 9.59 Å². The molecule has 2 amide bonds. The molecular formula is C24H26N2O3. The van der Waals surface area contributed by atoms with Crippen molar-refractivity contribution in [1.29, 1.82) is 0 Å². The molecule has 1 N–H and O–H groups in total. The van der Waals surface area contributed by atoms with Crippen molar-refractivity contribution in [2.24, 2.45) is 0 Å². The van der Waals surface area contributed by atoms with E-state index in [2.05, 4.69) is 5.32 Å². The Bertz CT molecular complexity index is 1030. The Balaban J connectivity index is 1.66. The molecule has 3 rings (SSSR count). The minimum absolute atomic E-state index is 0.00182. The maximum atomic E-state index is 12.8. The number of benzene rings is 3. The van der Waals surface area contributed by atoms with Crippen LogP contribution in [0.4, 0.5) is 5.69 Å². The van der Waals surface area contributed by atoms with Gasteiger partial charge in [0.2, 0.25) is 11.8 Å². The second-order valence-electron chi connectivity index (χ2n) is 7.30. The van der Waals surface area contributed by atoms with Gasteiger partial charge in [0, 0.05) is 12.7 Å². The fourth-order valence-corrected chi connectivity index (χ4v) is 3.24. The predicted octanol–water partition coefficient (Wildman–Crippen LogP) is 4.36. The second kappa shape index (κ2) is 8.78. The van der Waals surface area contributed by atoms with Gasteiger partial charge in [0.05, 0.1) is 19.6 Å². The van der Waals surface area contributed by atoms with E-state index in [0.717, 1.165) is 33.3 Å². The lowest BCUT2D eigenvalue weighted by Gasteiger charge is -2.21. The molecular weight excluding hydrogens is 364 g/mol. The molecule has 0 spiro atoms. The number of carbonyl (C=O) groups is 2. The van der Waals surface area contributed by atoms with E-state index in [9.17, 15) is 9.59 Å². The van der Waals surface area contributed by atoms with Crippen molar-refractivity contribution in [2.45, 2.75) is 19.8 Å². The highest BCUT2D eigenvalue weighted by Gasteiger charge is 2.21. The van der Waals surface area contributed by atoms with Crippen LogP contribution < -0.4 is 10.1 Å². The highest BCUT2D eigenvalue weighted by molar-refractivity contribution is 5.95. The third-order valence-corrected chi connectivity index (χ3v) is 5.03. The summed E-state index contributed by atoms with van der Waals surface area (Å²) in [4.78, 5) is 26.6. The van der Waals surface area contributed by atoms with Gasteiger partial charge in [-0.15, -0.1) is 0 Å². The zero-order valence-corrected chi connectivity index (χ0v) is 17.2. The first-order valence-electron chi connectivity index (χ1n) is 9.56. The average molecular weight is 390 g/mol. The van der Waals surface area contributed by atoms with Gasteiger partial charge >= 0.3 is 0 Å². The van der Waals surface area contributed by atoms with Crippen molar-refractivity contribution in [3.05, 3.63) is 71.8 Å². The Labute approximate surface area is 171 Å². The molecule has 3 aromatic rings. The number of hydrogen-bond donors (Lipinski definition) is 1. The number of rotatable bonds is 6. The van der Waals surface area contributed by atoms with Crippen molar-refractivity contribution >= 4 is 28.3 Å². The standard InChI is InChI=1S/C24H26N2O3/c1-16-5-10-21(11-6-16)25-23(27)15-26(3)24(28)17(2)18-7-8-20-14-22(29-4)12-9-19(20)13-18/h5-14,17H,15H2,1-4H3,(H,25,27)/t17-/m1/s1. The summed E-state index contributed by atoms with van der Waals surface area (Å²) in [6.45, 7) is 3.85. The number of carbonyl (C=O) groups excluding carboxylic acids is 2. The quantitative estimate of drug-likeness (QED) is 0.680. The maximum Gasteiger partial charge on any atom is 0.243 e. The van der Waals surface area contributed by atoms with Gasteiger partial charge in [0.25, 0.3) is 0 Å². The first kappa shape index (κ1) is 20.4. The number of likely N-dealkylation sites (N-methyl/N-ethyl adjacent to an activating group) is 1. The summed E-state index contributed by atoms with van der Waals surface area (Å²) in [6, 6.07) is 19.4. The smallest absolute Gasteiger partial charge is 0.243 e. The zero-order valence-electron chi connectivity index (χ0n) is 17.2. The lowest BCUT2D eigenvalue weighted by atomic mass is 9.96. The highest BCUT2D eigenvalue weighted by atomic mass is 16.5. The summed E-state index contributed by atoms with van der Waals surface area (Å²) < 4.78 is 5.26. The van der Waals surface area contributed by atoms with Gasteiger partial charge in [-0.05, 0) is 54.4 Å². The fourth-order valence-electron chi connectivity index (χ4n) is 3.24. The van der Waals surface area contributed by atoms with E-state index in [-0.39, 0.29) is 24.3 Å². The molecule has 0 aliphatic heterocycles. The maximum absolute atomic E-state index is 12.8. The summed E-state index contributed by atoms with van der Waals surface area (Å²) in [5, 5.41) is 4.92. The average Bonchev–Trinajstić information content (AvgIpc) is 2.73. The minimum atomic E-state index is -0.348. The molecule has 0 aromatic heterocycles. The molecule has 0 radical (unpaired) electrons. The Morgan fingerprint density at radius 3 is 2.34 bits per heavy atom. The Hall–Kier alpha value is -3.34. The minimum Gasteiger partial charge on any atom is -0.497 e. The largest absolute Gasteiger partial charge is 0.497 e. The van der Waals surface area contributed by atoms with E-state index < -0.39 is 0 Å². The number of aryl methyl sites for hydroxylation is 1. The van der Waals surface area contributed by atoms with Gasteiger partial charge < -0.3 is 15.0 Å². The van der Waals surface area contributed by atoms with Gasteiger partial charge in [-0.1, -0.05) is 42.0 Å². The van der Waals surface area contributed by atoms with Gasteiger partial charge in [0.1, 0.15) is 5.75 Å². The number of nitrogens with zero attached hydrogens (tertiary/aromatic N) is 1. The third kappa shape index (κ3) is 4.93. The van der Waals surface area contributed by atoms with Crippen molar-refractivity contribution in [2.75, 3.05) is 26.0 Å². The summed E-state index contributed by atoms with van der Waals surface area (Å²) >= 11 is 0. The summed E-state index contributed by atoms with van der Waals surface area (Å²) in [7, 11) is 3.29. The van der Waals surface area contributed by atoms with Crippen LogP contribution in [0, 0.1) is 6.92 Å². The number of methoxy groups -OCH3 is 1. The molecule has 1 atom stereocenters. The Kier molecular flexibility index (Phi) is 6.17. The van der Waals surface area contributed by atoms with Crippen molar-refractivity contribution in [3.63, 3.8) is 0 Å². The number of hydrogen-bond acceptors (Lipinski definition) is 3. The molecule has 29 heavy (non-hydrogen) atoms. The lowest BCUT2D eigenvalue weighted by molar-refractivity contribution is -0.134. The monoisotopic (exact) mass is 390 g/mol. The molecule has 0 bridgehead atoms. The molecule has 0 heterocycles. The Morgan fingerprint density at radius 1 is 1.00 bits per heavy atom. The molecule has 0 unspecified atom stereocenters. The van der Waals surface area contributed by atoms with Crippen LogP contribution in [0.3, 0.4) is 0 Å². The molecule has 0 saturated carbocycles. The fraction of sp³-hybridized carbons (Fsp3) is 0.250. The topological polar surface area (TPSA) is 58.6 Å². The van der Waals surface area contributed by atoms with E-state index in [4.69, 9.17) is 4.74 Å². The highest BCUT2D eigenvalue weighted by Crippen LogP contribution is 2.26. The molecule has 0 aliphatic carbocycles. The van der Waals surface area contributed by atoms with Gasteiger partial charge in [-0.25, -0.2) is 0 Å². The number of amides is 2. The summed E-state index contributed by atoms with van der Waals surface area (Å²) in [5.41, 5.74) is 2.76. The second-order valence-corrected chi connectivity index (χ2v) is 7.30. The molecule has 5 heteroatoms. The van der Waals surface area contributed by atoms with E-state index in [0.29, 0.717) is 0 Å². The molecule has 0 aliphatic rings. The Morgan fingerprint density at radius 2 is 1.66 bits per heavy atom. The van der Waals surface area contributed by atoms with E-state index in [1.54, 1.807) is 14.2 Å². The van der Waals surface area contributed by atoms with Crippen molar-refractivity contribution in [3.8, 4) is 5.75 Å². The van der Waals surface area contributed by atoms with Crippen molar-refractivity contribution < 1.29 is 14.3 Å². The van der Waals surface area contributed by atoms with Crippen LogP contribution in [0.1, 0.15) is 24.0 Å². The molecule has 3 aromatic carbocycles. The molecule has 150 valence electrons. The predicted molar refractivity (Wildman–Crippen MR) is 116 cm³/mol. The molecule has 0 saturated heterocycles. The van der Waals surface area contributed by atoms with Crippen LogP contribution in [-0.2, 0) is 9.59 Å². The zero-order chi connectivity index (χ0) is 21.0. The SMILES string of the molecule is COc1ccc2cc([C@@H](C)C(=O)N(C)CC(=O)Nc3ccc(C)cc3)ccc2c1. The van der Waals surface area contributed by atoms with E-state index in [1.165, 1.54) is 4.90 Å². The van der Waals surface area contributed by atoms with Gasteiger partial charge in [-0.2, -0.15) is 0 Å². The van der Waals surface area contributed by atoms with Crippen LogP contribution in [0.15, 0.2) is 60.7 Å². The number of ether oxygens (including phenoxy) is 1. The number of fused-ring (bicyclic) bond motifs is 1. The molecule has 0 fully saturated rings.